The molecule has 0 aliphatic rings. The highest BCUT2D eigenvalue weighted by atomic mass is 35.5. The Morgan fingerprint density at radius 3 is 2.67 bits per heavy atom. The van der Waals surface area contributed by atoms with E-state index in [1.807, 2.05) is 0 Å². The molecule has 7 heteroatoms. The summed E-state index contributed by atoms with van der Waals surface area (Å²) in [5.41, 5.74) is -0.374. The van der Waals surface area contributed by atoms with Crippen LogP contribution in [0.4, 0.5) is 0 Å². The van der Waals surface area contributed by atoms with E-state index in [0.717, 1.165) is 6.07 Å². The summed E-state index contributed by atoms with van der Waals surface area (Å²) in [5.74, 6) is -2.33. The zero-order valence-electron chi connectivity index (χ0n) is 8.79. The van der Waals surface area contributed by atoms with Crippen LogP contribution >= 0.6 is 11.6 Å². The van der Waals surface area contributed by atoms with Crippen LogP contribution in [-0.4, -0.2) is 22.2 Å². The fourth-order valence-corrected chi connectivity index (χ4v) is 1.32. The number of rotatable bonds is 3. The Bertz CT molecular complexity index is 607. The lowest BCUT2D eigenvalue weighted by Gasteiger charge is -2.02. The van der Waals surface area contributed by atoms with Crippen LogP contribution in [0.15, 0.2) is 34.9 Å². The molecule has 6 nitrogen and oxygen atoms in total. The molecule has 0 unspecified atom stereocenters. The zero-order chi connectivity index (χ0) is 13.1. The van der Waals surface area contributed by atoms with Gasteiger partial charge in [0, 0.05) is 6.07 Å². The number of aromatic nitrogens is 1. The Kier molecular flexibility index (Phi) is 3.29. The molecule has 2 rings (SSSR count). The van der Waals surface area contributed by atoms with E-state index in [1.165, 1.54) is 6.07 Å². The predicted molar refractivity (Wildman–Crippen MR) is 59.9 cm³/mol. The van der Waals surface area contributed by atoms with E-state index in [-0.39, 0.29) is 22.2 Å². The summed E-state index contributed by atoms with van der Waals surface area (Å²) in [6.07, 6.45) is 0. The molecule has 0 fully saturated rings. The van der Waals surface area contributed by atoms with Crippen LogP contribution in [0.3, 0.4) is 0 Å². The van der Waals surface area contributed by atoms with Crippen LogP contribution in [-0.2, 0) is 0 Å². The number of para-hydroxylation sites is 1. The van der Waals surface area contributed by atoms with Gasteiger partial charge in [0.2, 0.25) is 5.76 Å². The van der Waals surface area contributed by atoms with Gasteiger partial charge in [-0.3, -0.25) is 0 Å². The van der Waals surface area contributed by atoms with Crippen LogP contribution in [0.25, 0.3) is 0 Å². The van der Waals surface area contributed by atoms with Crippen LogP contribution < -0.4 is 4.74 Å². The molecular weight excluding hydrogens is 262 g/mol. The van der Waals surface area contributed by atoms with Gasteiger partial charge in [-0.05, 0) is 12.1 Å². The maximum Gasteiger partial charge on any atom is 0.382 e. The van der Waals surface area contributed by atoms with Gasteiger partial charge in [-0.1, -0.05) is 28.9 Å². The Balaban J connectivity index is 2.17. The summed E-state index contributed by atoms with van der Waals surface area (Å²) in [5, 5.41) is 12.1. The molecule has 1 heterocycles. The molecule has 0 saturated carbocycles. The molecule has 1 aromatic carbocycles. The lowest BCUT2D eigenvalue weighted by atomic mass is 10.3. The van der Waals surface area contributed by atoms with Crippen molar-refractivity contribution in [3.8, 4) is 5.75 Å². The molecular formula is C11H6ClNO5. The average molecular weight is 268 g/mol. The second kappa shape index (κ2) is 4.89. The monoisotopic (exact) mass is 267 g/mol. The van der Waals surface area contributed by atoms with Gasteiger partial charge >= 0.3 is 11.9 Å². The van der Waals surface area contributed by atoms with Gasteiger partial charge in [-0.15, -0.1) is 0 Å². The first kappa shape index (κ1) is 12.1. The van der Waals surface area contributed by atoms with E-state index in [4.69, 9.17) is 21.4 Å². The fraction of sp³-hybridized carbons (Fsp3) is 0. The van der Waals surface area contributed by atoms with Crippen molar-refractivity contribution < 1.29 is 24.0 Å². The molecule has 0 bridgehead atoms. The van der Waals surface area contributed by atoms with Crippen molar-refractivity contribution in [2.75, 3.05) is 0 Å². The molecule has 0 amide bonds. The first-order valence-electron chi connectivity index (χ1n) is 4.74. The van der Waals surface area contributed by atoms with Gasteiger partial charge in [0.1, 0.15) is 5.75 Å². The first-order chi connectivity index (χ1) is 8.58. The number of aromatic carboxylic acids is 1. The Morgan fingerprint density at radius 1 is 1.33 bits per heavy atom. The molecule has 1 aromatic heterocycles. The minimum absolute atomic E-state index is 0.150. The molecule has 18 heavy (non-hydrogen) atoms. The molecule has 1 N–H and O–H groups in total. The van der Waals surface area contributed by atoms with E-state index in [1.54, 1.807) is 18.2 Å². The van der Waals surface area contributed by atoms with E-state index in [2.05, 4.69) is 9.68 Å². The molecule has 0 atom stereocenters. The summed E-state index contributed by atoms with van der Waals surface area (Å²) < 4.78 is 9.48. The molecule has 0 spiro atoms. The standard InChI is InChI=1S/C11H6ClNO5/c12-6-3-1-2-4-8(6)17-11(16)9-5-7(10(14)15)13-18-9/h1-5H,(H,14,15). The van der Waals surface area contributed by atoms with Crippen LogP contribution in [0, 0.1) is 0 Å². The number of carboxylic acid groups (broad SMARTS) is 1. The van der Waals surface area contributed by atoms with Crippen LogP contribution in [0.5, 0.6) is 5.75 Å². The minimum atomic E-state index is -1.30. The Hall–Kier alpha value is -2.34. The number of carbonyl (C=O) groups excluding carboxylic acids is 1. The van der Waals surface area contributed by atoms with Crippen molar-refractivity contribution in [2.24, 2.45) is 0 Å². The smallest absolute Gasteiger partial charge is 0.382 e. The molecule has 2 aromatic rings. The molecule has 0 radical (unpaired) electrons. The number of carboxylic acids is 1. The summed E-state index contributed by atoms with van der Waals surface area (Å²) in [6, 6.07) is 7.33. The topological polar surface area (TPSA) is 89.6 Å². The van der Waals surface area contributed by atoms with Gasteiger partial charge < -0.3 is 14.4 Å². The second-order valence-corrected chi connectivity index (χ2v) is 3.61. The van der Waals surface area contributed by atoms with E-state index < -0.39 is 11.9 Å². The number of hydrogen-bond donors (Lipinski definition) is 1. The highest BCUT2D eigenvalue weighted by Crippen LogP contribution is 2.24. The summed E-state index contributed by atoms with van der Waals surface area (Å²) in [4.78, 5) is 22.1. The third-order valence-corrected chi connectivity index (χ3v) is 2.28. The number of esters is 1. The SMILES string of the molecule is O=C(O)c1cc(C(=O)Oc2ccccc2Cl)on1. The average Bonchev–Trinajstić information content (AvgIpc) is 2.81. The minimum Gasteiger partial charge on any atom is -0.476 e. The van der Waals surface area contributed by atoms with Gasteiger partial charge in [-0.2, -0.15) is 0 Å². The Morgan fingerprint density at radius 2 is 2.06 bits per heavy atom. The van der Waals surface area contributed by atoms with Gasteiger partial charge in [0.25, 0.3) is 0 Å². The lowest BCUT2D eigenvalue weighted by molar-refractivity contribution is 0.0668. The second-order valence-electron chi connectivity index (χ2n) is 3.20. The molecule has 92 valence electrons. The van der Waals surface area contributed by atoms with Crippen LogP contribution in [0.2, 0.25) is 5.02 Å². The van der Waals surface area contributed by atoms with Gasteiger partial charge in [0.05, 0.1) is 5.02 Å². The summed E-state index contributed by atoms with van der Waals surface area (Å²) in [6.45, 7) is 0. The number of ether oxygens (including phenoxy) is 1. The normalized spacial score (nSPS) is 10.1. The van der Waals surface area contributed by atoms with Crippen molar-refractivity contribution in [3.05, 3.63) is 46.8 Å². The largest absolute Gasteiger partial charge is 0.476 e. The highest BCUT2D eigenvalue weighted by molar-refractivity contribution is 6.32. The van der Waals surface area contributed by atoms with Crippen LogP contribution in [0.1, 0.15) is 21.0 Å². The summed E-state index contributed by atoms with van der Waals surface area (Å²) in [7, 11) is 0. The molecule has 0 aliphatic heterocycles. The van der Waals surface area contributed by atoms with Crippen molar-refractivity contribution >= 4 is 23.5 Å². The molecule has 0 aliphatic carbocycles. The first-order valence-corrected chi connectivity index (χ1v) is 5.12. The van der Waals surface area contributed by atoms with Gasteiger partial charge in [0.15, 0.2) is 5.69 Å². The van der Waals surface area contributed by atoms with E-state index in [9.17, 15) is 9.59 Å². The third kappa shape index (κ3) is 2.49. The third-order valence-electron chi connectivity index (χ3n) is 1.97. The van der Waals surface area contributed by atoms with E-state index >= 15 is 0 Å². The zero-order valence-corrected chi connectivity index (χ0v) is 9.55. The predicted octanol–water partition coefficient (Wildman–Crippen LogP) is 2.25. The maximum atomic E-state index is 11.6. The Labute approximate surface area is 106 Å². The molecule has 0 saturated heterocycles. The number of nitrogens with zero attached hydrogens (tertiary/aromatic N) is 1. The quantitative estimate of drug-likeness (QED) is 0.677. The van der Waals surface area contributed by atoms with Gasteiger partial charge in [-0.25, -0.2) is 9.59 Å². The number of carbonyl (C=O) groups is 2. The fourth-order valence-electron chi connectivity index (χ4n) is 1.15. The van der Waals surface area contributed by atoms with Crippen molar-refractivity contribution in [1.29, 1.82) is 0 Å². The lowest BCUT2D eigenvalue weighted by Crippen LogP contribution is -2.07. The number of benzene rings is 1. The number of halogens is 1. The van der Waals surface area contributed by atoms with E-state index in [0.29, 0.717) is 0 Å². The number of hydrogen-bond acceptors (Lipinski definition) is 5. The highest BCUT2D eigenvalue weighted by Gasteiger charge is 2.19. The maximum absolute atomic E-state index is 11.6. The van der Waals surface area contributed by atoms with Crippen molar-refractivity contribution in [3.63, 3.8) is 0 Å². The van der Waals surface area contributed by atoms with Crippen molar-refractivity contribution in [2.45, 2.75) is 0 Å². The van der Waals surface area contributed by atoms with Crippen molar-refractivity contribution in [1.82, 2.24) is 5.16 Å². The summed E-state index contributed by atoms with van der Waals surface area (Å²) >= 11 is 5.79.